The molecular formula is C18H27NO5S. The summed E-state index contributed by atoms with van der Waals surface area (Å²) in [5.74, 6) is -0.670. The zero-order valence-corrected chi connectivity index (χ0v) is 16.2. The van der Waals surface area contributed by atoms with E-state index in [-0.39, 0.29) is 17.2 Å². The predicted molar refractivity (Wildman–Crippen MR) is 94.9 cm³/mol. The van der Waals surface area contributed by atoms with Crippen LogP contribution < -0.4 is 0 Å². The van der Waals surface area contributed by atoms with Crippen LogP contribution in [0.2, 0.25) is 0 Å². The molecule has 0 atom stereocenters. The van der Waals surface area contributed by atoms with E-state index in [0.29, 0.717) is 0 Å². The van der Waals surface area contributed by atoms with Gasteiger partial charge in [0, 0.05) is 13.1 Å². The Morgan fingerprint density at radius 2 is 1.80 bits per heavy atom. The molecule has 2 rings (SSSR count). The second kappa shape index (κ2) is 7.85. The third-order valence-corrected chi connectivity index (χ3v) is 5.17. The maximum atomic E-state index is 12.6. The molecule has 0 N–H and O–H groups in total. The third kappa shape index (κ3) is 5.80. The van der Waals surface area contributed by atoms with E-state index in [2.05, 4.69) is 0 Å². The lowest BCUT2D eigenvalue weighted by Gasteiger charge is -2.25. The summed E-state index contributed by atoms with van der Waals surface area (Å²) in [6.07, 6.45) is 3.23. The molecule has 25 heavy (non-hydrogen) atoms. The van der Waals surface area contributed by atoms with Gasteiger partial charge in [-0.3, -0.25) is 9.08 Å². The van der Waals surface area contributed by atoms with Crippen LogP contribution in [-0.4, -0.2) is 44.7 Å². The number of carbonyl (C=O) groups is 1. The summed E-state index contributed by atoms with van der Waals surface area (Å²) in [5.41, 5.74) is 0.0701. The molecule has 0 saturated carbocycles. The van der Waals surface area contributed by atoms with Gasteiger partial charge < -0.3 is 4.74 Å². The Hall–Kier alpha value is -1.44. The number of likely N-dealkylation sites (tertiary alicyclic amines) is 1. The number of ether oxygens (including phenoxy) is 1. The van der Waals surface area contributed by atoms with Gasteiger partial charge in [-0.25, -0.2) is 4.79 Å². The Morgan fingerprint density at radius 3 is 2.40 bits per heavy atom. The maximum absolute atomic E-state index is 12.6. The van der Waals surface area contributed by atoms with Crippen molar-refractivity contribution in [2.24, 2.45) is 0 Å². The molecule has 1 saturated heterocycles. The van der Waals surface area contributed by atoms with Gasteiger partial charge in [-0.2, -0.15) is 8.42 Å². The lowest BCUT2D eigenvalue weighted by atomic mass is 10.1. The van der Waals surface area contributed by atoms with E-state index in [1.165, 1.54) is 12.1 Å². The highest BCUT2D eigenvalue weighted by Crippen LogP contribution is 2.23. The molecule has 6 nitrogen and oxygen atoms in total. The van der Waals surface area contributed by atoms with Crippen LogP contribution in [0, 0.1) is 6.92 Å². The maximum Gasteiger partial charge on any atom is 0.340 e. The molecule has 7 heteroatoms. The highest BCUT2D eigenvalue weighted by Gasteiger charge is 2.28. The molecule has 1 aromatic carbocycles. The van der Waals surface area contributed by atoms with Crippen molar-refractivity contribution < 1.29 is 22.1 Å². The molecular weight excluding hydrogens is 342 g/mol. The molecule has 0 bridgehead atoms. The van der Waals surface area contributed by atoms with Crippen LogP contribution in [0.4, 0.5) is 0 Å². The standard InChI is InChI=1S/C18H27NO5S/c1-14-8-9-16(15(12-14)17(20)24-18(2,3)4)25(21,22)23-13-19-10-6-5-7-11-19/h8-9,12H,5-7,10-11,13H2,1-4H3. The minimum absolute atomic E-state index is 0.00394. The number of esters is 1. The number of aryl methyl sites for hydroxylation is 1. The van der Waals surface area contributed by atoms with Gasteiger partial charge in [0.2, 0.25) is 0 Å². The van der Waals surface area contributed by atoms with Crippen LogP contribution >= 0.6 is 0 Å². The smallest absolute Gasteiger partial charge is 0.340 e. The lowest BCUT2D eigenvalue weighted by molar-refractivity contribution is 0.00642. The number of rotatable bonds is 5. The summed E-state index contributed by atoms with van der Waals surface area (Å²) < 4.78 is 35.8. The van der Waals surface area contributed by atoms with Gasteiger partial charge in [0.25, 0.3) is 10.1 Å². The van der Waals surface area contributed by atoms with Crippen LogP contribution in [0.25, 0.3) is 0 Å². The van der Waals surface area contributed by atoms with E-state index in [4.69, 9.17) is 8.92 Å². The Labute approximate surface area is 150 Å². The fourth-order valence-corrected chi connectivity index (χ4v) is 3.71. The number of hydrogen-bond acceptors (Lipinski definition) is 6. The van der Waals surface area contributed by atoms with Gasteiger partial charge in [0.05, 0.1) is 5.56 Å². The first-order chi connectivity index (χ1) is 11.6. The van der Waals surface area contributed by atoms with Gasteiger partial charge in [-0.1, -0.05) is 18.1 Å². The fourth-order valence-electron chi connectivity index (χ4n) is 2.65. The van der Waals surface area contributed by atoms with E-state index >= 15 is 0 Å². The third-order valence-electron chi connectivity index (χ3n) is 3.86. The Balaban J connectivity index is 2.22. The van der Waals surface area contributed by atoms with E-state index < -0.39 is 21.7 Å². The molecule has 0 unspecified atom stereocenters. The summed E-state index contributed by atoms with van der Waals surface area (Å²) in [4.78, 5) is 14.2. The molecule has 0 radical (unpaired) electrons. The van der Waals surface area contributed by atoms with Crippen LogP contribution in [0.15, 0.2) is 23.1 Å². The Kier molecular flexibility index (Phi) is 6.24. The van der Waals surface area contributed by atoms with Crippen LogP contribution in [0.5, 0.6) is 0 Å². The number of benzene rings is 1. The molecule has 1 heterocycles. The molecule has 0 aromatic heterocycles. The quantitative estimate of drug-likeness (QED) is 0.587. The molecule has 0 spiro atoms. The molecule has 1 fully saturated rings. The number of hydrogen-bond donors (Lipinski definition) is 0. The second-order valence-electron chi connectivity index (χ2n) is 7.38. The molecule has 1 aromatic rings. The van der Waals surface area contributed by atoms with Crippen molar-refractivity contribution in [1.82, 2.24) is 4.90 Å². The SMILES string of the molecule is Cc1ccc(S(=O)(=O)OCN2CCCCC2)c(C(=O)OC(C)(C)C)c1. The van der Waals surface area contributed by atoms with Crippen molar-refractivity contribution in [2.45, 2.75) is 57.5 Å². The molecule has 140 valence electrons. The summed E-state index contributed by atoms with van der Waals surface area (Å²) in [5, 5.41) is 0. The zero-order chi connectivity index (χ0) is 18.7. The molecule has 1 aliphatic rings. The zero-order valence-electron chi connectivity index (χ0n) is 15.4. The van der Waals surface area contributed by atoms with Crippen LogP contribution in [-0.2, 0) is 19.0 Å². The number of nitrogens with zero attached hydrogens (tertiary/aromatic N) is 1. The second-order valence-corrected chi connectivity index (χ2v) is 8.97. The topological polar surface area (TPSA) is 72.9 Å². The van der Waals surface area contributed by atoms with Crippen molar-refractivity contribution in [1.29, 1.82) is 0 Å². The van der Waals surface area contributed by atoms with Gasteiger partial charge >= 0.3 is 5.97 Å². The highest BCUT2D eigenvalue weighted by atomic mass is 32.2. The Morgan fingerprint density at radius 1 is 1.16 bits per heavy atom. The largest absolute Gasteiger partial charge is 0.456 e. The fraction of sp³-hybridized carbons (Fsp3) is 0.611. The predicted octanol–water partition coefficient (Wildman–Crippen LogP) is 3.10. The lowest BCUT2D eigenvalue weighted by Crippen LogP contribution is -2.33. The first kappa shape index (κ1) is 19.9. The number of piperidine rings is 1. The summed E-state index contributed by atoms with van der Waals surface area (Å²) in [7, 11) is -4.05. The Bertz CT molecular complexity index is 715. The average molecular weight is 369 g/mol. The van der Waals surface area contributed by atoms with E-state index in [1.54, 1.807) is 33.8 Å². The first-order valence-electron chi connectivity index (χ1n) is 8.54. The van der Waals surface area contributed by atoms with E-state index in [1.807, 2.05) is 4.90 Å². The first-order valence-corrected chi connectivity index (χ1v) is 9.95. The summed E-state index contributed by atoms with van der Waals surface area (Å²) in [6.45, 7) is 8.65. The summed E-state index contributed by atoms with van der Waals surface area (Å²) >= 11 is 0. The molecule has 1 aliphatic heterocycles. The van der Waals surface area contributed by atoms with Crippen LogP contribution in [0.1, 0.15) is 56.0 Å². The van der Waals surface area contributed by atoms with Crippen molar-refractivity contribution in [3.63, 3.8) is 0 Å². The minimum atomic E-state index is -4.05. The minimum Gasteiger partial charge on any atom is -0.456 e. The van der Waals surface area contributed by atoms with Crippen LogP contribution in [0.3, 0.4) is 0 Å². The normalized spacial score (nSPS) is 16.6. The van der Waals surface area contributed by atoms with Crippen molar-refractivity contribution in [3.05, 3.63) is 29.3 Å². The average Bonchev–Trinajstić information content (AvgIpc) is 2.52. The van der Waals surface area contributed by atoms with Crippen molar-refractivity contribution in [3.8, 4) is 0 Å². The van der Waals surface area contributed by atoms with E-state index in [0.717, 1.165) is 37.9 Å². The van der Waals surface area contributed by atoms with Gasteiger partial charge in [-0.05, 0) is 52.7 Å². The monoisotopic (exact) mass is 369 g/mol. The summed E-state index contributed by atoms with van der Waals surface area (Å²) in [6, 6.07) is 4.57. The van der Waals surface area contributed by atoms with Gasteiger partial charge in [-0.15, -0.1) is 0 Å². The molecule has 0 amide bonds. The van der Waals surface area contributed by atoms with E-state index in [9.17, 15) is 13.2 Å². The van der Waals surface area contributed by atoms with Gasteiger partial charge in [0.1, 0.15) is 17.2 Å². The van der Waals surface area contributed by atoms with Crippen molar-refractivity contribution in [2.75, 3.05) is 19.8 Å². The highest BCUT2D eigenvalue weighted by molar-refractivity contribution is 7.86. The molecule has 0 aliphatic carbocycles. The number of carbonyl (C=O) groups excluding carboxylic acids is 1. The van der Waals surface area contributed by atoms with Gasteiger partial charge in [0.15, 0.2) is 0 Å². The van der Waals surface area contributed by atoms with Crippen molar-refractivity contribution >= 4 is 16.1 Å².